The lowest BCUT2D eigenvalue weighted by molar-refractivity contribution is -0.132. The number of benzene rings is 1. The molecule has 0 spiro atoms. The molecule has 1 saturated heterocycles. The maximum atomic E-state index is 13.0. The summed E-state index contributed by atoms with van der Waals surface area (Å²) >= 11 is 6.39. The van der Waals surface area contributed by atoms with Gasteiger partial charge in [-0.2, -0.15) is 0 Å². The molecular weight excluding hydrogens is 428 g/mol. The van der Waals surface area contributed by atoms with Crippen LogP contribution in [0.1, 0.15) is 43.1 Å². The first-order valence-corrected chi connectivity index (χ1v) is 9.99. The number of hydrogen-bond acceptors (Lipinski definition) is 8. The smallest absolute Gasteiger partial charge is 0.342 e. The van der Waals surface area contributed by atoms with Crippen molar-refractivity contribution in [2.24, 2.45) is 0 Å². The standard InChI is InChI=1S/C22H21ClO8/c1-11-8-17-16(31-17)7-5-4-6-14(26)9-15-20(22(27)28-11)18(29-12(2)24)10-19(21(15)23)30-13(3)25/h4-7,10-11,16-17H,8-9H2,1-3H3/b6-4+,7-5+/t11-,16-,17-/m1/s1. The monoisotopic (exact) mass is 448 g/mol. The van der Waals surface area contributed by atoms with Crippen molar-refractivity contribution in [3.63, 3.8) is 0 Å². The number of epoxide rings is 1. The quantitative estimate of drug-likeness (QED) is 0.385. The summed E-state index contributed by atoms with van der Waals surface area (Å²) in [6.07, 6.45) is 5.81. The molecule has 2 aliphatic heterocycles. The molecule has 0 saturated carbocycles. The van der Waals surface area contributed by atoms with Crippen LogP contribution >= 0.6 is 11.6 Å². The van der Waals surface area contributed by atoms with Gasteiger partial charge < -0.3 is 18.9 Å². The summed E-state index contributed by atoms with van der Waals surface area (Å²) in [5, 5.41) is -0.124. The first kappa shape index (κ1) is 22.7. The average molecular weight is 449 g/mol. The number of carbonyl (C=O) groups is 4. The predicted octanol–water partition coefficient (Wildman–Crippen LogP) is 3.13. The minimum Gasteiger partial charge on any atom is -0.459 e. The Bertz CT molecular complexity index is 994. The minimum atomic E-state index is -0.823. The molecule has 1 aromatic rings. The average Bonchev–Trinajstić information content (AvgIpc) is 3.38. The third-order valence-electron chi connectivity index (χ3n) is 4.54. The summed E-state index contributed by atoms with van der Waals surface area (Å²) < 4.78 is 21.3. The second-order valence-electron chi connectivity index (χ2n) is 7.21. The summed E-state index contributed by atoms with van der Waals surface area (Å²) in [5.41, 5.74) is -0.143. The highest BCUT2D eigenvalue weighted by atomic mass is 35.5. The van der Waals surface area contributed by atoms with E-state index in [1.54, 1.807) is 19.1 Å². The first-order chi connectivity index (χ1) is 14.7. The molecule has 31 heavy (non-hydrogen) atoms. The van der Waals surface area contributed by atoms with Gasteiger partial charge >= 0.3 is 17.9 Å². The van der Waals surface area contributed by atoms with Crippen LogP contribution in [0.4, 0.5) is 0 Å². The van der Waals surface area contributed by atoms with Crippen molar-refractivity contribution >= 4 is 35.3 Å². The molecular formula is C22H21ClO8. The summed E-state index contributed by atoms with van der Waals surface area (Å²) in [7, 11) is 0. The topological polar surface area (TPSA) is 108 Å². The predicted molar refractivity (Wildman–Crippen MR) is 109 cm³/mol. The van der Waals surface area contributed by atoms with E-state index in [4.69, 9.17) is 30.5 Å². The van der Waals surface area contributed by atoms with Gasteiger partial charge in [-0.1, -0.05) is 29.8 Å². The molecule has 0 amide bonds. The van der Waals surface area contributed by atoms with Crippen LogP contribution < -0.4 is 9.47 Å². The Morgan fingerprint density at radius 1 is 1.10 bits per heavy atom. The Morgan fingerprint density at radius 3 is 2.45 bits per heavy atom. The lowest BCUT2D eigenvalue weighted by atomic mass is 9.99. The van der Waals surface area contributed by atoms with Crippen LogP contribution in [0.2, 0.25) is 5.02 Å². The lowest BCUT2D eigenvalue weighted by Crippen LogP contribution is -2.21. The first-order valence-electron chi connectivity index (χ1n) is 9.62. The molecule has 164 valence electrons. The highest BCUT2D eigenvalue weighted by molar-refractivity contribution is 6.34. The number of rotatable bonds is 2. The fraction of sp³-hybridized carbons (Fsp3) is 0.364. The minimum absolute atomic E-state index is 0.0325. The zero-order valence-corrected chi connectivity index (χ0v) is 17.9. The van der Waals surface area contributed by atoms with E-state index in [9.17, 15) is 19.2 Å². The fourth-order valence-corrected chi connectivity index (χ4v) is 3.47. The van der Waals surface area contributed by atoms with Crippen LogP contribution in [0.15, 0.2) is 30.4 Å². The molecule has 0 radical (unpaired) electrons. The third kappa shape index (κ3) is 5.80. The number of esters is 3. The van der Waals surface area contributed by atoms with Crippen LogP contribution in [0.3, 0.4) is 0 Å². The van der Waals surface area contributed by atoms with E-state index in [2.05, 4.69) is 0 Å². The summed E-state index contributed by atoms with van der Waals surface area (Å²) in [6, 6.07) is 1.15. The maximum absolute atomic E-state index is 13.0. The highest BCUT2D eigenvalue weighted by Crippen LogP contribution is 2.39. The number of cyclic esters (lactones) is 1. The van der Waals surface area contributed by atoms with Gasteiger partial charge in [0.15, 0.2) is 11.5 Å². The Labute approximate surface area is 183 Å². The number of ketones is 1. The van der Waals surface area contributed by atoms with Crippen LogP contribution in [0.25, 0.3) is 0 Å². The fourth-order valence-electron chi connectivity index (χ4n) is 3.22. The molecule has 2 aliphatic rings. The highest BCUT2D eigenvalue weighted by Gasteiger charge is 2.38. The zero-order valence-electron chi connectivity index (χ0n) is 17.2. The molecule has 2 heterocycles. The summed E-state index contributed by atoms with van der Waals surface area (Å²) in [4.78, 5) is 48.7. The molecule has 1 fully saturated rings. The van der Waals surface area contributed by atoms with Crippen LogP contribution in [0, 0.1) is 0 Å². The number of ether oxygens (including phenoxy) is 4. The van der Waals surface area contributed by atoms with Crippen molar-refractivity contribution in [3.05, 3.63) is 46.5 Å². The van der Waals surface area contributed by atoms with Gasteiger partial charge in [0.05, 0.1) is 11.1 Å². The van der Waals surface area contributed by atoms with Gasteiger partial charge in [0.1, 0.15) is 23.5 Å². The van der Waals surface area contributed by atoms with Gasteiger partial charge in [-0.15, -0.1) is 0 Å². The molecule has 3 atom stereocenters. The van der Waals surface area contributed by atoms with Gasteiger partial charge in [0.25, 0.3) is 0 Å². The SMILES string of the molecule is CC(=O)Oc1cc(OC(C)=O)c2c(c1Cl)CC(=O)/C=C/C=C/[C@H]1O[C@@H]1C[C@@H](C)OC2=O. The van der Waals surface area contributed by atoms with E-state index < -0.39 is 24.0 Å². The molecule has 8 nitrogen and oxygen atoms in total. The van der Waals surface area contributed by atoms with Crippen LogP contribution in [-0.2, 0) is 30.3 Å². The number of fused-ring (bicyclic) bond motifs is 2. The van der Waals surface area contributed by atoms with E-state index in [1.807, 2.05) is 6.08 Å². The molecule has 0 unspecified atom stereocenters. The zero-order chi connectivity index (χ0) is 22.7. The van der Waals surface area contributed by atoms with Gasteiger partial charge in [-0.25, -0.2) is 4.79 Å². The van der Waals surface area contributed by atoms with Crippen molar-refractivity contribution in [2.45, 2.75) is 51.9 Å². The second kappa shape index (κ2) is 9.45. The van der Waals surface area contributed by atoms with Crippen molar-refractivity contribution < 1.29 is 38.1 Å². The Kier molecular flexibility index (Phi) is 6.92. The molecule has 0 bridgehead atoms. The normalized spacial score (nSPS) is 25.2. The van der Waals surface area contributed by atoms with E-state index in [0.717, 1.165) is 19.9 Å². The summed E-state index contributed by atoms with van der Waals surface area (Å²) in [5.74, 6) is -2.96. The molecule has 1 aromatic carbocycles. The van der Waals surface area contributed by atoms with E-state index in [1.165, 1.54) is 6.08 Å². The van der Waals surface area contributed by atoms with Gasteiger partial charge in [-0.05, 0) is 13.0 Å². The Morgan fingerprint density at radius 2 is 1.77 bits per heavy atom. The number of halogens is 1. The van der Waals surface area contributed by atoms with Crippen LogP contribution in [-0.4, -0.2) is 42.0 Å². The molecule has 0 aliphatic carbocycles. The van der Waals surface area contributed by atoms with Crippen molar-refractivity contribution in [1.29, 1.82) is 0 Å². The Balaban J connectivity index is 2.13. The van der Waals surface area contributed by atoms with Gasteiger partial charge in [0.2, 0.25) is 0 Å². The maximum Gasteiger partial charge on any atom is 0.342 e. The molecule has 0 aromatic heterocycles. The molecule has 9 heteroatoms. The number of carbonyl (C=O) groups excluding carboxylic acids is 4. The third-order valence-corrected chi connectivity index (χ3v) is 4.96. The van der Waals surface area contributed by atoms with Gasteiger partial charge in [0, 0.05) is 38.3 Å². The molecule has 3 rings (SSSR count). The van der Waals surface area contributed by atoms with E-state index in [0.29, 0.717) is 6.42 Å². The summed E-state index contributed by atoms with van der Waals surface area (Å²) in [6.45, 7) is 4.02. The second-order valence-corrected chi connectivity index (χ2v) is 7.58. The number of allylic oxidation sites excluding steroid dienone is 3. The number of hydrogen-bond donors (Lipinski definition) is 0. The van der Waals surface area contributed by atoms with E-state index in [-0.39, 0.29) is 52.1 Å². The lowest BCUT2D eigenvalue weighted by Gasteiger charge is -2.19. The molecule has 0 N–H and O–H groups in total. The van der Waals surface area contributed by atoms with Crippen LogP contribution in [0.5, 0.6) is 11.5 Å². The van der Waals surface area contributed by atoms with E-state index >= 15 is 0 Å². The largest absolute Gasteiger partial charge is 0.459 e. The van der Waals surface area contributed by atoms with Crippen molar-refractivity contribution in [3.8, 4) is 11.5 Å². The van der Waals surface area contributed by atoms with Crippen molar-refractivity contribution in [1.82, 2.24) is 0 Å². The Hall–Kier alpha value is -2.97. The van der Waals surface area contributed by atoms with Gasteiger partial charge in [-0.3, -0.25) is 14.4 Å². The van der Waals surface area contributed by atoms with Crippen molar-refractivity contribution in [2.75, 3.05) is 0 Å².